The summed E-state index contributed by atoms with van der Waals surface area (Å²) in [6.45, 7) is -2.51. The van der Waals surface area contributed by atoms with Gasteiger partial charge in [-0.1, -0.05) is 144 Å². The van der Waals surface area contributed by atoms with Crippen molar-refractivity contribution in [1.82, 2.24) is 14.5 Å². The molecule has 9 rings (SSSR count). The van der Waals surface area contributed by atoms with Crippen LogP contribution in [0, 0.1) is 13.8 Å². The van der Waals surface area contributed by atoms with Crippen molar-refractivity contribution in [3.05, 3.63) is 192 Å². The van der Waals surface area contributed by atoms with Crippen molar-refractivity contribution in [1.29, 1.82) is 0 Å². The Bertz CT molecular complexity index is 3410. The molecule has 7 aromatic carbocycles. The van der Waals surface area contributed by atoms with E-state index in [0.717, 1.165) is 61.3 Å². The van der Waals surface area contributed by atoms with Crippen molar-refractivity contribution in [3.63, 3.8) is 0 Å². The molecule has 0 aliphatic carbocycles. The third kappa shape index (κ3) is 7.66. The van der Waals surface area contributed by atoms with Crippen LogP contribution in [0.5, 0.6) is 5.75 Å². The Labute approximate surface area is 373 Å². The molecule has 4 nitrogen and oxygen atoms in total. The first kappa shape index (κ1) is 29.2. The fourth-order valence-electron chi connectivity index (χ4n) is 8.19. The molecule has 1 N–H and O–H groups in total. The highest BCUT2D eigenvalue weighted by Gasteiger charge is 2.24. The molecule has 2 heterocycles. The molecule has 0 saturated heterocycles. The molecule has 0 fully saturated rings. The highest BCUT2D eigenvalue weighted by molar-refractivity contribution is 5.98. The van der Waals surface area contributed by atoms with Crippen LogP contribution < -0.4 is 0 Å². The normalized spacial score (nSPS) is 15.0. The number of hydrogen-bond acceptors (Lipinski definition) is 3. The lowest BCUT2D eigenvalue weighted by Crippen LogP contribution is -2.10. The van der Waals surface area contributed by atoms with Gasteiger partial charge in [0.25, 0.3) is 0 Å². The Balaban J connectivity index is 1.25. The van der Waals surface area contributed by atoms with Crippen molar-refractivity contribution < 1.29 is 18.8 Å². The maximum atomic E-state index is 11.8. The second-order valence-electron chi connectivity index (χ2n) is 15.9. The van der Waals surface area contributed by atoms with E-state index >= 15 is 0 Å². The number of aryl methyl sites for hydroxylation is 2. The van der Waals surface area contributed by atoms with Gasteiger partial charge in [0.1, 0.15) is 11.6 Å². The number of para-hydroxylation sites is 1. The molecule has 300 valence electrons. The van der Waals surface area contributed by atoms with Crippen molar-refractivity contribution in [2.75, 3.05) is 0 Å². The number of imidazole rings is 1. The van der Waals surface area contributed by atoms with E-state index in [4.69, 9.17) is 23.7 Å². The standard InChI is InChI=1S/C57H51N3O/c1-36(2)42-23-26-52(49(34-42)41-17-12-9-13-18-41)60-53-20-14-19-48(54(53)59-56(60)50-30-37(3)29-38(4)55(50)61)45-31-44(39-15-10-8-11-16-39)32-46(33-45)51-35-43(27-28-58-51)40-21-24-47(25-22-40)57(5,6)7/h8-36,61H,1-7H3/i5D3,6D3,7D3,36D. The topological polar surface area (TPSA) is 50.9 Å². The zero-order chi connectivity index (χ0) is 50.8. The first-order chi connectivity index (χ1) is 33.5. The summed E-state index contributed by atoms with van der Waals surface area (Å²) in [6.07, 6.45) is 1.66. The van der Waals surface area contributed by atoms with Gasteiger partial charge in [-0.3, -0.25) is 9.55 Å². The summed E-state index contributed by atoms with van der Waals surface area (Å²) in [4.78, 5) is 10.3. The van der Waals surface area contributed by atoms with Crippen LogP contribution in [-0.2, 0) is 5.41 Å². The average Bonchev–Trinajstić information content (AvgIpc) is 3.71. The van der Waals surface area contributed by atoms with Crippen LogP contribution in [0.4, 0.5) is 0 Å². The monoisotopic (exact) mass is 803 g/mol. The number of hydrogen-bond donors (Lipinski definition) is 1. The van der Waals surface area contributed by atoms with Gasteiger partial charge in [0.15, 0.2) is 0 Å². The number of nitrogens with zero attached hydrogens (tertiary/aromatic N) is 3. The molecule has 0 amide bonds. The molecular formula is C57H51N3O. The molecule has 0 spiro atoms. The summed E-state index contributed by atoms with van der Waals surface area (Å²) in [7, 11) is 0. The second-order valence-corrected chi connectivity index (χ2v) is 15.9. The smallest absolute Gasteiger partial charge is 0.149 e. The molecule has 9 aromatic rings. The quantitative estimate of drug-likeness (QED) is 0.166. The molecule has 0 radical (unpaired) electrons. The van der Waals surface area contributed by atoms with E-state index in [1.165, 1.54) is 12.1 Å². The number of aromatic nitrogens is 3. The fourth-order valence-corrected chi connectivity index (χ4v) is 8.19. The molecule has 0 aliphatic rings. The highest BCUT2D eigenvalue weighted by Crippen LogP contribution is 2.43. The number of fused-ring (bicyclic) bond motifs is 1. The zero-order valence-corrected chi connectivity index (χ0v) is 34.5. The Morgan fingerprint density at radius 2 is 1.28 bits per heavy atom. The zero-order valence-electron chi connectivity index (χ0n) is 44.5. The minimum Gasteiger partial charge on any atom is -0.507 e. The van der Waals surface area contributed by atoms with Crippen LogP contribution in [0.2, 0.25) is 0 Å². The Morgan fingerprint density at radius 3 is 2.00 bits per heavy atom. The molecule has 2 aromatic heterocycles. The predicted octanol–water partition coefficient (Wildman–Crippen LogP) is 15.2. The SMILES string of the molecule is [2H]C(C)(C)c1ccc(-n2c(-c3cc(C)cc(C)c3O)nc3c(-c4cc(-c5ccccc5)cc(-c5cc(-c6ccc(C(C([2H])([2H])[2H])(C([2H])([2H])[2H])C([2H])([2H])[2H])cc6)ccn5)c4)cccc32)c(-c2ccccc2)c1. The van der Waals surface area contributed by atoms with Crippen LogP contribution >= 0.6 is 0 Å². The highest BCUT2D eigenvalue weighted by atomic mass is 16.3. The number of phenols is 1. The lowest BCUT2D eigenvalue weighted by Gasteiger charge is -2.19. The number of pyridine rings is 1. The van der Waals surface area contributed by atoms with Gasteiger partial charge >= 0.3 is 0 Å². The van der Waals surface area contributed by atoms with Gasteiger partial charge in [-0.15, -0.1) is 0 Å². The van der Waals surface area contributed by atoms with Gasteiger partial charge in [0.05, 0.1) is 28.0 Å². The van der Waals surface area contributed by atoms with Crippen molar-refractivity contribution in [2.45, 2.75) is 59.6 Å². The van der Waals surface area contributed by atoms with E-state index in [1.807, 2.05) is 125 Å². The minimum absolute atomic E-state index is 0.124. The van der Waals surface area contributed by atoms with Gasteiger partial charge < -0.3 is 5.11 Å². The van der Waals surface area contributed by atoms with Gasteiger partial charge in [-0.25, -0.2) is 4.98 Å². The first-order valence-corrected chi connectivity index (χ1v) is 20.3. The molecular weight excluding hydrogens is 743 g/mol. The molecule has 0 aliphatic heterocycles. The van der Waals surface area contributed by atoms with Crippen LogP contribution in [0.25, 0.3) is 83.9 Å². The summed E-state index contributed by atoms with van der Waals surface area (Å²) in [5.41, 5.74) is 10.0. The predicted molar refractivity (Wildman–Crippen MR) is 255 cm³/mol. The van der Waals surface area contributed by atoms with Crippen molar-refractivity contribution in [3.8, 4) is 78.6 Å². The summed E-state index contributed by atoms with van der Waals surface area (Å²) >= 11 is 0. The van der Waals surface area contributed by atoms with Crippen molar-refractivity contribution in [2.24, 2.45) is 0 Å². The van der Waals surface area contributed by atoms with Gasteiger partial charge in [0, 0.05) is 36.6 Å². The van der Waals surface area contributed by atoms with E-state index in [1.54, 1.807) is 24.4 Å². The third-order valence-corrected chi connectivity index (χ3v) is 11.3. The van der Waals surface area contributed by atoms with E-state index in [0.29, 0.717) is 39.3 Å². The van der Waals surface area contributed by atoms with Gasteiger partial charge in [0.2, 0.25) is 0 Å². The van der Waals surface area contributed by atoms with Crippen LogP contribution in [0.15, 0.2) is 170 Å². The third-order valence-electron chi connectivity index (χ3n) is 11.3. The van der Waals surface area contributed by atoms with Crippen LogP contribution in [-0.4, -0.2) is 19.6 Å². The van der Waals surface area contributed by atoms with Crippen LogP contribution in [0.1, 0.15) is 76.3 Å². The maximum absolute atomic E-state index is 11.8. The summed E-state index contributed by atoms with van der Waals surface area (Å²) in [6, 6.07) is 51.7. The molecule has 0 atom stereocenters. The lowest BCUT2D eigenvalue weighted by molar-refractivity contribution is 0.472. The number of aromatic hydroxyl groups is 1. The fraction of sp³-hybridized carbons (Fsp3) is 0.158. The van der Waals surface area contributed by atoms with E-state index in [-0.39, 0.29) is 11.3 Å². The summed E-state index contributed by atoms with van der Waals surface area (Å²) in [5, 5.41) is 11.8. The average molecular weight is 804 g/mol. The largest absolute Gasteiger partial charge is 0.507 e. The van der Waals surface area contributed by atoms with Crippen molar-refractivity contribution >= 4 is 11.0 Å². The van der Waals surface area contributed by atoms with E-state index in [9.17, 15) is 5.11 Å². The van der Waals surface area contributed by atoms with E-state index < -0.39 is 31.9 Å². The summed E-state index contributed by atoms with van der Waals surface area (Å²) < 4.78 is 84.8. The van der Waals surface area contributed by atoms with Gasteiger partial charge in [-0.05, 0) is 135 Å². The second kappa shape index (κ2) is 15.9. The number of phenolic OH excluding ortho intramolecular Hbond substituents is 1. The Kier molecular flexibility index (Phi) is 7.60. The number of rotatable bonds is 8. The Hall–Kier alpha value is -7.04. The van der Waals surface area contributed by atoms with Gasteiger partial charge in [-0.2, -0.15) is 0 Å². The maximum Gasteiger partial charge on any atom is 0.149 e. The summed E-state index contributed by atoms with van der Waals surface area (Å²) in [5.74, 6) is -0.210. The minimum atomic E-state index is -3.38. The lowest BCUT2D eigenvalue weighted by atomic mass is 9.86. The molecule has 0 unspecified atom stereocenters. The first-order valence-electron chi connectivity index (χ1n) is 25.3. The van der Waals surface area contributed by atoms with Crippen LogP contribution in [0.3, 0.4) is 0 Å². The molecule has 61 heavy (non-hydrogen) atoms. The number of benzene rings is 7. The molecule has 4 heteroatoms. The molecule has 0 bridgehead atoms. The Morgan fingerprint density at radius 1 is 0.590 bits per heavy atom. The molecule has 0 saturated carbocycles. The van der Waals surface area contributed by atoms with E-state index in [2.05, 4.69) is 41.0 Å².